The second-order valence-electron chi connectivity index (χ2n) is 5.62. The van der Waals surface area contributed by atoms with E-state index in [1.165, 1.54) is 29.5 Å². The number of benzene rings is 1. The van der Waals surface area contributed by atoms with Crippen molar-refractivity contribution in [2.45, 2.75) is 32.3 Å². The molecular weight excluding hydrogens is 314 g/mol. The molecule has 0 N–H and O–H groups in total. The van der Waals surface area contributed by atoms with Gasteiger partial charge in [-0.2, -0.15) is 0 Å². The quantitative estimate of drug-likeness (QED) is 0.488. The standard InChI is InChI=1S/C18H16ClNO3/c1-11(23-18(22)15-7-8-16(19)20-10-15)17(21)14-6-5-12-3-2-4-13(12)9-14/h5-11H,2-4H2,1H3/t11-/m1/s1. The Balaban J connectivity index is 1.70. The van der Waals surface area contributed by atoms with E-state index in [0.717, 1.165) is 19.3 Å². The summed E-state index contributed by atoms with van der Waals surface area (Å²) in [5, 5.41) is 0.295. The Kier molecular flexibility index (Phi) is 4.44. The summed E-state index contributed by atoms with van der Waals surface area (Å²) >= 11 is 5.68. The minimum Gasteiger partial charge on any atom is -0.451 e. The second kappa shape index (κ2) is 6.50. The number of carbonyl (C=O) groups is 2. The van der Waals surface area contributed by atoms with Gasteiger partial charge in [-0.05, 0) is 55.5 Å². The van der Waals surface area contributed by atoms with Crippen LogP contribution >= 0.6 is 11.6 Å². The predicted octanol–water partition coefficient (Wildman–Crippen LogP) is 3.65. The molecule has 1 aliphatic carbocycles. The van der Waals surface area contributed by atoms with Crippen LogP contribution in [0.2, 0.25) is 5.15 Å². The normalized spacial score (nSPS) is 14.2. The average molecular weight is 330 g/mol. The van der Waals surface area contributed by atoms with Gasteiger partial charge in [-0.15, -0.1) is 0 Å². The number of aromatic nitrogens is 1. The fourth-order valence-corrected chi connectivity index (χ4v) is 2.85. The number of Topliss-reactive ketones (excluding diaryl/α,β-unsaturated/α-hetero) is 1. The van der Waals surface area contributed by atoms with Crippen LogP contribution in [0.15, 0.2) is 36.5 Å². The molecule has 0 saturated carbocycles. The fourth-order valence-electron chi connectivity index (χ4n) is 2.74. The van der Waals surface area contributed by atoms with Gasteiger partial charge in [0, 0.05) is 11.8 Å². The van der Waals surface area contributed by atoms with Crippen molar-refractivity contribution >= 4 is 23.4 Å². The third kappa shape index (κ3) is 3.42. The van der Waals surface area contributed by atoms with E-state index in [4.69, 9.17) is 16.3 Å². The van der Waals surface area contributed by atoms with Gasteiger partial charge >= 0.3 is 5.97 Å². The molecule has 1 heterocycles. The van der Waals surface area contributed by atoms with Gasteiger partial charge in [0.05, 0.1) is 5.56 Å². The molecule has 3 rings (SSSR count). The number of hydrogen-bond donors (Lipinski definition) is 0. The molecule has 0 radical (unpaired) electrons. The van der Waals surface area contributed by atoms with E-state index in [2.05, 4.69) is 4.98 Å². The minimum absolute atomic E-state index is 0.199. The maximum Gasteiger partial charge on any atom is 0.340 e. The van der Waals surface area contributed by atoms with Crippen LogP contribution < -0.4 is 0 Å². The summed E-state index contributed by atoms with van der Waals surface area (Å²) in [6.07, 6.45) is 3.68. The maximum atomic E-state index is 12.5. The number of esters is 1. The van der Waals surface area contributed by atoms with Crippen LogP contribution in [0, 0.1) is 0 Å². The van der Waals surface area contributed by atoms with Crippen LogP contribution in [-0.4, -0.2) is 22.8 Å². The molecule has 0 saturated heterocycles. The van der Waals surface area contributed by atoms with Crippen molar-refractivity contribution in [2.24, 2.45) is 0 Å². The van der Waals surface area contributed by atoms with E-state index in [0.29, 0.717) is 10.7 Å². The molecule has 1 atom stereocenters. The van der Waals surface area contributed by atoms with Crippen LogP contribution in [0.5, 0.6) is 0 Å². The highest BCUT2D eigenvalue weighted by Gasteiger charge is 2.22. The number of halogens is 1. The predicted molar refractivity (Wildman–Crippen MR) is 86.9 cm³/mol. The Morgan fingerprint density at radius 2 is 1.87 bits per heavy atom. The molecular formula is C18H16ClNO3. The first kappa shape index (κ1) is 15.7. The summed E-state index contributed by atoms with van der Waals surface area (Å²) in [5.41, 5.74) is 3.37. The Morgan fingerprint density at radius 3 is 2.61 bits per heavy atom. The van der Waals surface area contributed by atoms with Gasteiger partial charge in [-0.25, -0.2) is 9.78 Å². The number of rotatable bonds is 4. The van der Waals surface area contributed by atoms with Crippen LogP contribution in [0.25, 0.3) is 0 Å². The monoisotopic (exact) mass is 329 g/mol. The molecule has 1 aromatic carbocycles. The van der Waals surface area contributed by atoms with Gasteiger partial charge in [0.25, 0.3) is 0 Å². The molecule has 0 bridgehead atoms. The van der Waals surface area contributed by atoms with E-state index in [-0.39, 0.29) is 11.3 Å². The summed E-state index contributed by atoms with van der Waals surface area (Å²) in [4.78, 5) is 28.3. The van der Waals surface area contributed by atoms with Gasteiger partial charge in [0.2, 0.25) is 5.78 Å². The molecule has 0 spiro atoms. The molecule has 4 nitrogen and oxygen atoms in total. The zero-order chi connectivity index (χ0) is 16.4. The molecule has 0 amide bonds. The van der Waals surface area contributed by atoms with E-state index < -0.39 is 12.1 Å². The third-order valence-electron chi connectivity index (χ3n) is 4.00. The maximum absolute atomic E-state index is 12.5. The number of hydrogen-bond acceptors (Lipinski definition) is 4. The highest BCUT2D eigenvalue weighted by atomic mass is 35.5. The van der Waals surface area contributed by atoms with Crippen molar-refractivity contribution in [2.75, 3.05) is 0 Å². The summed E-state index contributed by atoms with van der Waals surface area (Å²) in [5.74, 6) is -0.786. The van der Waals surface area contributed by atoms with Crippen LogP contribution in [-0.2, 0) is 17.6 Å². The van der Waals surface area contributed by atoms with Crippen molar-refractivity contribution in [3.63, 3.8) is 0 Å². The summed E-state index contributed by atoms with van der Waals surface area (Å²) in [6, 6.07) is 8.74. The number of pyridine rings is 1. The first-order valence-electron chi connectivity index (χ1n) is 7.53. The van der Waals surface area contributed by atoms with Gasteiger partial charge in [-0.3, -0.25) is 4.79 Å². The van der Waals surface area contributed by atoms with Crippen LogP contribution in [0.3, 0.4) is 0 Å². The van der Waals surface area contributed by atoms with Crippen molar-refractivity contribution in [3.8, 4) is 0 Å². The van der Waals surface area contributed by atoms with Gasteiger partial charge in [0.1, 0.15) is 5.15 Å². The number of ketones is 1. The number of ether oxygens (including phenoxy) is 1. The first-order chi connectivity index (χ1) is 11.0. The molecule has 0 aliphatic heterocycles. The first-order valence-corrected chi connectivity index (χ1v) is 7.91. The van der Waals surface area contributed by atoms with Crippen LogP contribution in [0.4, 0.5) is 0 Å². The Bertz CT molecular complexity index is 755. The Hall–Kier alpha value is -2.20. The Morgan fingerprint density at radius 1 is 1.13 bits per heavy atom. The summed E-state index contributed by atoms with van der Waals surface area (Å²) < 4.78 is 5.24. The van der Waals surface area contributed by atoms with Crippen molar-refractivity contribution in [1.29, 1.82) is 0 Å². The van der Waals surface area contributed by atoms with Crippen molar-refractivity contribution in [1.82, 2.24) is 4.98 Å². The van der Waals surface area contributed by atoms with E-state index in [9.17, 15) is 9.59 Å². The zero-order valence-electron chi connectivity index (χ0n) is 12.7. The van der Waals surface area contributed by atoms with E-state index >= 15 is 0 Å². The summed E-state index contributed by atoms with van der Waals surface area (Å²) in [6.45, 7) is 1.58. The molecule has 23 heavy (non-hydrogen) atoms. The topological polar surface area (TPSA) is 56.3 Å². The van der Waals surface area contributed by atoms with Crippen LogP contribution in [0.1, 0.15) is 45.2 Å². The lowest BCUT2D eigenvalue weighted by Gasteiger charge is -2.13. The van der Waals surface area contributed by atoms with Crippen molar-refractivity contribution in [3.05, 3.63) is 63.9 Å². The third-order valence-corrected chi connectivity index (χ3v) is 4.22. The lowest BCUT2D eigenvalue weighted by atomic mass is 10.0. The lowest BCUT2D eigenvalue weighted by Crippen LogP contribution is -2.24. The Labute approximate surface area is 139 Å². The number of nitrogens with zero attached hydrogens (tertiary/aromatic N) is 1. The lowest BCUT2D eigenvalue weighted by molar-refractivity contribution is 0.0318. The fraction of sp³-hybridized carbons (Fsp3) is 0.278. The zero-order valence-corrected chi connectivity index (χ0v) is 13.5. The average Bonchev–Trinajstić information content (AvgIpc) is 3.02. The summed E-state index contributed by atoms with van der Waals surface area (Å²) in [7, 11) is 0. The van der Waals surface area contributed by atoms with E-state index in [1.54, 1.807) is 13.0 Å². The largest absolute Gasteiger partial charge is 0.451 e. The smallest absolute Gasteiger partial charge is 0.340 e. The molecule has 0 unspecified atom stereocenters. The minimum atomic E-state index is -0.849. The highest BCUT2D eigenvalue weighted by molar-refractivity contribution is 6.29. The molecule has 5 heteroatoms. The van der Waals surface area contributed by atoms with Gasteiger partial charge in [-0.1, -0.05) is 23.7 Å². The molecule has 118 valence electrons. The second-order valence-corrected chi connectivity index (χ2v) is 6.01. The number of fused-ring (bicyclic) bond motifs is 1. The van der Waals surface area contributed by atoms with Gasteiger partial charge in [0.15, 0.2) is 6.10 Å². The molecule has 2 aromatic rings. The van der Waals surface area contributed by atoms with Crippen molar-refractivity contribution < 1.29 is 14.3 Å². The SMILES string of the molecule is C[C@@H](OC(=O)c1ccc(Cl)nc1)C(=O)c1ccc2c(c1)CCC2. The molecule has 1 aromatic heterocycles. The highest BCUT2D eigenvalue weighted by Crippen LogP contribution is 2.23. The molecule has 0 fully saturated rings. The molecule has 1 aliphatic rings. The number of aryl methyl sites for hydroxylation is 2. The van der Waals surface area contributed by atoms with Gasteiger partial charge < -0.3 is 4.74 Å². The number of carbonyl (C=O) groups excluding carboxylic acids is 2. The van der Waals surface area contributed by atoms with E-state index in [1.807, 2.05) is 12.1 Å².